The fourth-order valence-electron chi connectivity index (χ4n) is 3.25. The van der Waals surface area contributed by atoms with Crippen molar-refractivity contribution >= 4 is 29.5 Å². The lowest BCUT2D eigenvalue weighted by atomic mass is 10.4. The number of thioether (sulfide) groups is 1. The zero-order chi connectivity index (χ0) is 15.8. The monoisotopic (exact) mass is 335 g/mol. The molecule has 1 saturated carbocycles. The van der Waals surface area contributed by atoms with E-state index in [1.54, 1.807) is 11.8 Å². The Bertz CT molecular complexity index is 605. The molecule has 2 aliphatic heterocycles. The van der Waals surface area contributed by atoms with E-state index in [4.69, 9.17) is 0 Å². The Morgan fingerprint density at radius 2 is 1.74 bits per heavy atom. The normalized spacial score (nSPS) is 21.7. The molecule has 0 N–H and O–H groups in total. The van der Waals surface area contributed by atoms with Crippen LogP contribution >= 0.6 is 11.8 Å². The number of hydrogen-bond acceptors (Lipinski definition) is 6. The average molecular weight is 335 g/mol. The number of aromatic nitrogens is 3. The van der Waals surface area contributed by atoms with Gasteiger partial charge in [0.1, 0.15) is 0 Å². The molecule has 124 valence electrons. The van der Waals surface area contributed by atoms with Gasteiger partial charge in [0.15, 0.2) is 5.16 Å². The van der Waals surface area contributed by atoms with Crippen molar-refractivity contribution in [2.24, 2.45) is 0 Å². The van der Waals surface area contributed by atoms with Gasteiger partial charge in [0.25, 0.3) is 0 Å². The third-order valence-electron chi connectivity index (χ3n) is 4.65. The van der Waals surface area contributed by atoms with Gasteiger partial charge in [0, 0.05) is 44.3 Å². The summed E-state index contributed by atoms with van der Waals surface area (Å²) in [5.74, 6) is 1.59. The standard InChI is InChI=1S/C15H21N5O2S/c21-12-5-6-13(22)19(12)9-10-23-15-17-16-14(18-7-1-2-8-18)20(15)11-3-4-11/h11H,1-10H2. The van der Waals surface area contributed by atoms with Crippen LogP contribution in [-0.4, -0.2) is 56.9 Å². The second-order valence-electron chi connectivity index (χ2n) is 6.37. The number of likely N-dealkylation sites (tertiary alicyclic amines) is 1. The predicted octanol–water partition coefficient (Wildman–Crippen LogP) is 1.45. The van der Waals surface area contributed by atoms with E-state index >= 15 is 0 Å². The maximum absolute atomic E-state index is 11.6. The van der Waals surface area contributed by atoms with Crippen molar-refractivity contribution in [1.29, 1.82) is 0 Å². The van der Waals surface area contributed by atoms with Crippen molar-refractivity contribution in [3.8, 4) is 0 Å². The van der Waals surface area contributed by atoms with E-state index < -0.39 is 0 Å². The van der Waals surface area contributed by atoms with Crippen LogP contribution in [0.4, 0.5) is 5.95 Å². The molecule has 0 spiro atoms. The summed E-state index contributed by atoms with van der Waals surface area (Å²) >= 11 is 1.60. The van der Waals surface area contributed by atoms with Gasteiger partial charge in [-0.25, -0.2) is 0 Å². The van der Waals surface area contributed by atoms with E-state index in [2.05, 4.69) is 19.7 Å². The number of rotatable bonds is 6. The van der Waals surface area contributed by atoms with Crippen LogP contribution in [0.2, 0.25) is 0 Å². The van der Waals surface area contributed by atoms with E-state index in [9.17, 15) is 9.59 Å². The fraction of sp³-hybridized carbons (Fsp3) is 0.733. The molecule has 7 nitrogen and oxygen atoms in total. The molecule has 3 aliphatic rings. The first-order valence-corrected chi connectivity index (χ1v) is 9.38. The second kappa shape index (κ2) is 6.14. The third kappa shape index (κ3) is 2.96. The Hall–Kier alpha value is -1.57. The van der Waals surface area contributed by atoms with Crippen LogP contribution in [0.25, 0.3) is 0 Å². The van der Waals surface area contributed by atoms with Crippen molar-refractivity contribution in [3.63, 3.8) is 0 Å². The van der Waals surface area contributed by atoms with E-state index in [-0.39, 0.29) is 11.8 Å². The molecule has 8 heteroatoms. The van der Waals surface area contributed by atoms with Gasteiger partial charge in [-0.05, 0) is 25.7 Å². The van der Waals surface area contributed by atoms with Crippen LogP contribution in [0, 0.1) is 0 Å². The summed E-state index contributed by atoms with van der Waals surface area (Å²) in [5, 5.41) is 9.70. The summed E-state index contributed by atoms with van der Waals surface area (Å²) in [5.41, 5.74) is 0. The lowest BCUT2D eigenvalue weighted by molar-refractivity contribution is -0.137. The summed E-state index contributed by atoms with van der Waals surface area (Å²) < 4.78 is 2.27. The number of carbonyl (C=O) groups excluding carboxylic acids is 2. The lowest BCUT2D eigenvalue weighted by Crippen LogP contribution is -2.31. The second-order valence-corrected chi connectivity index (χ2v) is 7.43. The zero-order valence-electron chi connectivity index (χ0n) is 13.1. The van der Waals surface area contributed by atoms with Gasteiger partial charge in [-0.3, -0.25) is 19.1 Å². The molecule has 23 heavy (non-hydrogen) atoms. The number of hydrogen-bond donors (Lipinski definition) is 0. The van der Waals surface area contributed by atoms with Gasteiger partial charge in [-0.2, -0.15) is 0 Å². The lowest BCUT2D eigenvalue weighted by Gasteiger charge is -2.18. The maximum atomic E-state index is 11.6. The molecule has 0 bridgehead atoms. The largest absolute Gasteiger partial charge is 0.341 e. The number of anilines is 1. The first-order valence-electron chi connectivity index (χ1n) is 8.40. The van der Waals surface area contributed by atoms with Crippen molar-refractivity contribution < 1.29 is 9.59 Å². The minimum atomic E-state index is -0.0444. The summed E-state index contributed by atoms with van der Waals surface area (Å²) in [6.45, 7) is 2.59. The molecule has 3 fully saturated rings. The molecule has 3 heterocycles. The van der Waals surface area contributed by atoms with Crippen molar-refractivity contribution in [2.45, 2.75) is 49.7 Å². The number of carbonyl (C=O) groups is 2. The van der Waals surface area contributed by atoms with Crippen molar-refractivity contribution in [1.82, 2.24) is 19.7 Å². The number of imide groups is 1. The van der Waals surface area contributed by atoms with Gasteiger partial charge in [0.05, 0.1) is 0 Å². The highest BCUT2D eigenvalue weighted by Gasteiger charge is 2.33. The minimum Gasteiger partial charge on any atom is -0.341 e. The molecule has 1 aromatic heterocycles. The third-order valence-corrected chi connectivity index (χ3v) is 5.57. The molecule has 2 saturated heterocycles. The number of nitrogens with zero attached hydrogens (tertiary/aromatic N) is 5. The van der Waals surface area contributed by atoms with Crippen LogP contribution < -0.4 is 4.90 Å². The quantitative estimate of drug-likeness (QED) is 0.579. The van der Waals surface area contributed by atoms with E-state index in [1.165, 1.54) is 30.6 Å². The highest BCUT2D eigenvalue weighted by atomic mass is 32.2. The molecule has 1 aromatic rings. The molecular formula is C15H21N5O2S. The minimum absolute atomic E-state index is 0.0444. The summed E-state index contributed by atoms with van der Waals surface area (Å²) in [6, 6.07) is 0.526. The van der Waals surface area contributed by atoms with Gasteiger partial charge >= 0.3 is 0 Å². The Labute approximate surface area is 139 Å². The molecule has 1 aliphatic carbocycles. The Morgan fingerprint density at radius 1 is 1.04 bits per heavy atom. The van der Waals surface area contributed by atoms with Crippen LogP contribution in [0.5, 0.6) is 0 Å². The van der Waals surface area contributed by atoms with Gasteiger partial charge in [0.2, 0.25) is 17.8 Å². The van der Waals surface area contributed by atoms with E-state index in [0.717, 1.165) is 24.2 Å². The van der Waals surface area contributed by atoms with Gasteiger partial charge in [-0.15, -0.1) is 10.2 Å². The Kier molecular flexibility index (Phi) is 4.00. The fourth-order valence-corrected chi connectivity index (χ4v) is 4.18. The first kappa shape index (κ1) is 15.0. The smallest absolute Gasteiger partial charge is 0.229 e. The molecule has 2 amide bonds. The predicted molar refractivity (Wildman–Crippen MR) is 86.4 cm³/mol. The van der Waals surface area contributed by atoms with Gasteiger partial charge < -0.3 is 4.90 Å². The summed E-state index contributed by atoms with van der Waals surface area (Å²) in [6.07, 6.45) is 5.55. The topological polar surface area (TPSA) is 71.3 Å². The van der Waals surface area contributed by atoms with E-state index in [0.29, 0.717) is 31.2 Å². The molecular weight excluding hydrogens is 314 g/mol. The molecule has 4 rings (SSSR count). The van der Waals surface area contributed by atoms with Crippen molar-refractivity contribution in [2.75, 3.05) is 30.3 Å². The van der Waals surface area contributed by atoms with Gasteiger partial charge in [-0.1, -0.05) is 11.8 Å². The molecule has 0 unspecified atom stereocenters. The Morgan fingerprint density at radius 3 is 2.39 bits per heavy atom. The van der Waals surface area contributed by atoms with Crippen LogP contribution in [0.3, 0.4) is 0 Å². The Balaban J connectivity index is 1.42. The highest BCUT2D eigenvalue weighted by Crippen LogP contribution is 2.41. The maximum Gasteiger partial charge on any atom is 0.229 e. The van der Waals surface area contributed by atoms with Crippen LogP contribution in [-0.2, 0) is 9.59 Å². The van der Waals surface area contributed by atoms with Crippen molar-refractivity contribution in [3.05, 3.63) is 0 Å². The molecule has 0 radical (unpaired) electrons. The van der Waals surface area contributed by atoms with Crippen LogP contribution in [0.1, 0.15) is 44.6 Å². The SMILES string of the molecule is O=C1CCC(=O)N1CCSc1nnc(N2CCCC2)n1C1CC1. The number of amides is 2. The zero-order valence-corrected chi connectivity index (χ0v) is 13.9. The highest BCUT2D eigenvalue weighted by molar-refractivity contribution is 7.99. The average Bonchev–Trinajstić information content (AvgIpc) is 2.96. The summed E-state index contributed by atoms with van der Waals surface area (Å²) in [4.78, 5) is 27.0. The van der Waals surface area contributed by atoms with Crippen LogP contribution in [0.15, 0.2) is 5.16 Å². The van der Waals surface area contributed by atoms with E-state index in [1.807, 2.05) is 0 Å². The molecule has 0 aromatic carbocycles. The molecule has 0 atom stereocenters. The first-order chi connectivity index (χ1) is 11.2. The summed E-state index contributed by atoms with van der Waals surface area (Å²) in [7, 11) is 0.